The fraction of sp³-hybridized carbons (Fsp3) is 0.231. The molecular formula is C13H12ClN3O2S. The van der Waals surface area contributed by atoms with Gasteiger partial charge in [-0.2, -0.15) is 0 Å². The number of nitrogens with two attached hydrogens (primary N) is 1. The smallest absolute Gasteiger partial charge is 0.262 e. The van der Waals surface area contributed by atoms with Gasteiger partial charge in [0.05, 0.1) is 16.4 Å². The van der Waals surface area contributed by atoms with E-state index in [0.717, 1.165) is 15.3 Å². The zero-order valence-corrected chi connectivity index (χ0v) is 12.2. The third-order valence-electron chi connectivity index (χ3n) is 2.80. The molecule has 5 nitrogen and oxygen atoms in total. The molecule has 3 rings (SSSR count). The molecule has 0 fully saturated rings. The number of aryl methyl sites for hydroxylation is 1. The van der Waals surface area contributed by atoms with Crippen LogP contribution >= 0.6 is 22.9 Å². The monoisotopic (exact) mass is 309 g/mol. The lowest BCUT2D eigenvalue weighted by Crippen LogP contribution is -2.18. The van der Waals surface area contributed by atoms with Crippen molar-refractivity contribution in [1.29, 1.82) is 0 Å². The maximum absolute atomic E-state index is 6.06. The van der Waals surface area contributed by atoms with Crippen molar-refractivity contribution in [3.05, 3.63) is 39.3 Å². The van der Waals surface area contributed by atoms with Gasteiger partial charge in [0, 0.05) is 16.1 Å². The number of hydrogen-bond acceptors (Lipinski definition) is 6. The molecule has 104 valence electrons. The Morgan fingerprint density at radius 3 is 3.10 bits per heavy atom. The molecule has 20 heavy (non-hydrogen) atoms. The second-order valence-electron chi connectivity index (χ2n) is 4.33. The van der Waals surface area contributed by atoms with Crippen LogP contribution in [0.2, 0.25) is 5.02 Å². The van der Waals surface area contributed by atoms with Gasteiger partial charge in [-0.3, -0.25) is 0 Å². The van der Waals surface area contributed by atoms with Crippen LogP contribution in [0, 0.1) is 6.92 Å². The zero-order chi connectivity index (χ0) is 14.1. The summed E-state index contributed by atoms with van der Waals surface area (Å²) in [7, 11) is 0. The summed E-state index contributed by atoms with van der Waals surface area (Å²) >= 11 is 7.51. The number of aromatic nitrogens is 2. The summed E-state index contributed by atoms with van der Waals surface area (Å²) in [5, 5.41) is 6.21. The van der Waals surface area contributed by atoms with E-state index in [9.17, 15) is 0 Å². The topological polar surface area (TPSA) is 74.2 Å². The molecule has 2 aromatic heterocycles. The van der Waals surface area contributed by atoms with E-state index in [0.29, 0.717) is 23.1 Å². The average molecular weight is 310 g/mol. The molecule has 0 saturated carbocycles. The van der Waals surface area contributed by atoms with Crippen molar-refractivity contribution in [3.63, 3.8) is 0 Å². The standard InChI is InChI=1S/C13H12ClN3O2S/c1-7-16-5-12(20-7)10(15)6-18-13-9-4-8(14)2-3-11(9)19-17-13/h2-5,10H,6,15H2,1H3. The highest BCUT2D eigenvalue weighted by Crippen LogP contribution is 2.28. The van der Waals surface area contributed by atoms with Crippen molar-refractivity contribution < 1.29 is 9.26 Å². The highest BCUT2D eigenvalue weighted by atomic mass is 35.5. The molecule has 0 radical (unpaired) electrons. The Kier molecular flexibility index (Phi) is 3.60. The summed E-state index contributed by atoms with van der Waals surface area (Å²) < 4.78 is 10.8. The quantitative estimate of drug-likeness (QED) is 0.800. The van der Waals surface area contributed by atoms with E-state index in [1.165, 1.54) is 0 Å². The summed E-state index contributed by atoms with van der Waals surface area (Å²) in [5.41, 5.74) is 6.69. The molecule has 3 aromatic rings. The first-order chi connectivity index (χ1) is 9.63. The van der Waals surface area contributed by atoms with Gasteiger partial charge in [0.15, 0.2) is 5.58 Å². The van der Waals surface area contributed by atoms with Crippen molar-refractivity contribution in [2.45, 2.75) is 13.0 Å². The van der Waals surface area contributed by atoms with Crippen LogP contribution in [0.4, 0.5) is 0 Å². The van der Waals surface area contributed by atoms with Crippen molar-refractivity contribution in [1.82, 2.24) is 10.1 Å². The van der Waals surface area contributed by atoms with Crippen LogP contribution in [0.5, 0.6) is 5.88 Å². The second kappa shape index (κ2) is 5.40. The van der Waals surface area contributed by atoms with Crippen molar-refractivity contribution in [2.75, 3.05) is 6.61 Å². The lowest BCUT2D eigenvalue weighted by molar-refractivity contribution is 0.265. The largest absolute Gasteiger partial charge is 0.473 e. The van der Waals surface area contributed by atoms with Crippen molar-refractivity contribution in [3.8, 4) is 5.88 Å². The Balaban J connectivity index is 1.75. The minimum atomic E-state index is -0.243. The normalized spacial score (nSPS) is 12.8. The molecule has 1 atom stereocenters. The molecule has 1 aromatic carbocycles. The van der Waals surface area contributed by atoms with Crippen LogP contribution in [-0.4, -0.2) is 16.7 Å². The average Bonchev–Trinajstić information content (AvgIpc) is 3.02. The molecular weight excluding hydrogens is 298 g/mol. The molecule has 0 spiro atoms. The first-order valence-corrected chi connectivity index (χ1v) is 7.18. The van der Waals surface area contributed by atoms with E-state index < -0.39 is 0 Å². The number of nitrogens with zero attached hydrogens (tertiary/aromatic N) is 2. The maximum atomic E-state index is 6.06. The van der Waals surface area contributed by atoms with Gasteiger partial charge in [-0.15, -0.1) is 11.3 Å². The van der Waals surface area contributed by atoms with Crippen LogP contribution in [0.1, 0.15) is 15.9 Å². The number of thiazole rings is 1. The van der Waals surface area contributed by atoms with Gasteiger partial charge >= 0.3 is 0 Å². The van der Waals surface area contributed by atoms with Crippen LogP contribution < -0.4 is 10.5 Å². The van der Waals surface area contributed by atoms with Crippen molar-refractivity contribution in [2.24, 2.45) is 5.73 Å². The highest BCUT2D eigenvalue weighted by molar-refractivity contribution is 7.11. The Labute approximate surface area is 124 Å². The van der Waals surface area contributed by atoms with E-state index in [4.69, 9.17) is 26.6 Å². The lowest BCUT2D eigenvalue weighted by atomic mass is 10.2. The summed E-state index contributed by atoms with van der Waals surface area (Å²) in [6, 6.07) is 5.01. The van der Waals surface area contributed by atoms with Crippen molar-refractivity contribution >= 4 is 33.9 Å². The third kappa shape index (κ3) is 2.63. The fourth-order valence-corrected chi connectivity index (χ4v) is 2.74. The zero-order valence-electron chi connectivity index (χ0n) is 10.7. The SMILES string of the molecule is Cc1ncc(C(N)COc2noc3ccc(Cl)cc23)s1. The summed E-state index contributed by atoms with van der Waals surface area (Å²) in [4.78, 5) is 5.16. The van der Waals surface area contributed by atoms with Gasteiger partial charge in [0.1, 0.15) is 6.61 Å². The molecule has 0 amide bonds. The number of fused-ring (bicyclic) bond motifs is 1. The van der Waals surface area contributed by atoms with Gasteiger partial charge < -0.3 is 15.0 Å². The number of halogens is 1. The molecule has 0 aliphatic heterocycles. The van der Waals surface area contributed by atoms with Crippen LogP contribution in [0.15, 0.2) is 28.9 Å². The molecule has 0 bridgehead atoms. The fourth-order valence-electron chi connectivity index (χ4n) is 1.79. The van der Waals surface area contributed by atoms with E-state index in [-0.39, 0.29) is 6.04 Å². The molecule has 1 unspecified atom stereocenters. The summed E-state index contributed by atoms with van der Waals surface area (Å²) in [6.07, 6.45) is 1.77. The lowest BCUT2D eigenvalue weighted by Gasteiger charge is -2.09. The second-order valence-corrected chi connectivity index (χ2v) is 6.03. The van der Waals surface area contributed by atoms with E-state index >= 15 is 0 Å². The highest BCUT2D eigenvalue weighted by Gasteiger charge is 2.14. The molecule has 0 aliphatic rings. The van der Waals surface area contributed by atoms with Gasteiger partial charge in [0.2, 0.25) is 0 Å². The minimum Gasteiger partial charge on any atom is -0.473 e. The minimum absolute atomic E-state index is 0.243. The van der Waals surface area contributed by atoms with Gasteiger partial charge in [0.25, 0.3) is 5.88 Å². The maximum Gasteiger partial charge on any atom is 0.262 e. The molecule has 0 saturated heterocycles. The van der Waals surface area contributed by atoms with Crippen LogP contribution in [0.25, 0.3) is 11.0 Å². The Morgan fingerprint density at radius 1 is 1.50 bits per heavy atom. The molecule has 0 aliphatic carbocycles. The first-order valence-electron chi connectivity index (χ1n) is 5.99. The third-order valence-corrected chi connectivity index (χ3v) is 4.08. The van der Waals surface area contributed by atoms with Crippen LogP contribution in [0.3, 0.4) is 0 Å². The number of rotatable bonds is 4. The predicted octanol–water partition coefficient (Wildman–Crippen LogP) is 3.32. The summed E-state index contributed by atoms with van der Waals surface area (Å²) in [5.74, 6) is 0.402. The molecule has 2 heterocycles. The van der Waals surface area contributed by atoms with E-state index in [2.05, 4.69) is 10.1 Å². The molecule has 7 heteroatoms. The van der Waals surface area contributed by atoms with E-state index in [1.807, 2.05) is 6.92 Å². The van der Waals surface area contributed by atoms with E-state index in [1.54, 1.807) is 35.7 Å². The van der Waals surface area contributed by atoms with Crippen LogP contribution in [-0.2, 0) is 0 Å². The summed E-state index contributed by atoms with van der Waals surface area (Å²) in [6.45, 7) is 2.24. The van der Waals surface area contributed by atoms with Gasteiger partial charge in [-0.05, 0) is 30.3 Å². The number of hydrogen-bond donors (Lipinski definition) is 1. The Hall–Kier alpha value is -1.63. The molecule has 2 N–H and O–H groups in total. The van der Waals surface area contributed by atoms with Gasteiger partial charge in [-0.1, -0.05) is 11.6 Å². The predicted molar refractivity (Wildman–Crippen MR) is 78.3 cm³/mol. The Morgan fingerprint density at radius 2 is 2.35 bits per heavy atom. The van der Waals surface area contributed by atoms with Gasteiger partial charge in [-0.25, -0.2) is 4.98 Å². The number of benzene rings is 1. The number of ether oxygens (including phenoxy) is 1. The first kappa shape index (κ1) is 13.4. The Bertz CT molecular complexity index is 740.